The predicted octanol–water partition coefficient (Wildman–Crippen LogP) is 3.45. The molecule has 0 aliphatic heterocycles. The minimum atomic E-state index is 0.826. The molecule has 70 valence electrons. The van der Waals surface area contributed by atoms with Crippen LogP contribution in [0.3, 0.4) is 0 Å². The quantitative estimate of drug-likeness (QED) is 0.621. The van der Waals surface area contributed by atoms with Gasteiger partial charge in [0.05, 0.1) is 6.54 Å². The number of aliphatic imine (C=N–C) groups is 1. The SMILES string of the molecule is CCCC(C)=NCc1ccccc1. The zero-order valence-electron chi connectivity index (χ0n) is 8.46. The molecule has 0 amide bonds. The molecule has 0 saturated carbocycles. The Hall–Kier alpha value is -1.11. The molecule has 0 spiro atoms. The van der Waals surface area contributed by atoms with E-state index < -0.39 is 0 Å². The summed E-state index contributed by atoms with van der Waals surface area (Å²) in [4.78, 5) is 4.50. The summed E-state index contributed by atoms with van der Waals surface area (Å²) in [5.74, 6) is 0. The van der Waals surface area contributed by atoms with E-state index in [1.807, 2.05) is 6.07 Å². The molecule has 0 N–H and O–H groups in total. The maximum atomic E-state index is 4.50. The van der Waals surface area contributed by atoms with Gasteiger partial charge in [-0.3, -0.25) is 4.99 Å². The van der Waals surface area contributed by atoms with Crippen LogP contribution in [0.1, 0.15) is 32.3 Å². The molecule has 0 unspecified atom stereocenters. The zero-order chi connectivity index (χ0) is 9.52. The van der Waals surface area contributed by atoms with Crippen molar-refractivity contribution in [2.75, 3.05) is 0 Å². The van der Waals surface area contributed by atoms with E-state index in [0.717, 1.165) is 13.0 Å². The van der Waals surface area contributed by atoms with Crippen LogP contribution in [0, 0.1) is 0 Å². The van der Waals surface area contributed by atoms with Gasteiger partial charge >= 0.3 is 0 Å². The molecule has 0 fully saturated rings. The molecule has 0 aliphatic carbocycles. The average Bonchev–Trinajstić information content (AvgIpc) is 2.17. The Bertz CT molecular complexity index is 262. The highest BCUT2D eigenvalue weighted by Crippen LogP contribution is 2.01. The summed E-state index contributed by atoms with van der Waals surface area (Å²) >= 11 is 0. The molecule has 0 radical (unpaired) electrons. The fraction of sp³-hybridized carbons (Fsp3) is 0.417. The third kappa shape index (κ3) is 3.88. The highest BCUT2D eigenvalue weighted by molar-refractivity contribution is 5.81. The van der Waals surface area contributed by atoms with Gasteiger partial charge in [-0.1, -0.05) is 43.7 Å². The first kappa shape index (κ1) is 9.97. The van der Waals surface area contributed by atoms with Crippen molar-refractivity contribution in [1.82, 2.24) is 0 Å². The standard InChI is InChI=1S/C12H17N/c1-3-7-11(2)13-10-12-8-5-4-6-9-12/h4-6,8-9H,3,7,10H2,1-2H3. The van der Waals surface area contributed by atoms with Crippen molar-refractivity contribution < 1.29 is 0 Å². The average molecular weight is 175 g/mol. The molecule has 0 saturated heterocycles. The second-order valence-corrected chi connectivity index (χ2v) is 3.29. The topological polar surface area (TPSA) is 12.4 Å². The third-order valence-corrected chi connectivity index (χ3v) is 1.99. The highest BCUT2D eigenvalue weighted by Gasteiger charge is 1.90. The third-order valence-electron chi connectivity index (χ3n) is 1.99. The fourth-order valence-corrected chi connectivity index (χ4v) is 1.25. The van der Waals surface area contributed by atoms with Gasteiger partial charge in [0, 0.05) is 5.71 Å². The number of rotatable bonds is 4. The highest BCUT2D eigenvalue weighted by atomic mass is 14.7. The monoisotopic (exact) mass is 175 g/mol. The van der Waals surface area contributed by atoms with Gasteiger partial charge in [0.25, 0.3) is 0 Å². The largest absolute Gasteiger partial charge is 0.290 e. The van der Waals surface area contributed by atoms with Crippen LogP contribution in [-0.4, -0.2) is 5.71 Å². The van der Waals surface area contributed by atoms with E-state index in [-0.39, 0.29) is 0 Å². The second-order valence-electron chi connectivity index (χ2n) is 3.29. The van der Waals surface area contributed by atoms with Crippen molar-refractivity contribution in [3.05, 3.63) is 35.9 Å². The Morgan fingerprint density at radius 2 is 1.92 bits per heavy atom. The molecule has 0 aliphatic rings. The molecule has 0 atom stereocenters. The molecule has 1 rings (SSSR count). The van der Waals surface area contributed by atoms with E-state index in [2.05, 4.69) is 43.1 Å². The summed E-state index contributed by atoms with van der Waals surface area (Å²) in [5.41, 5.74) is 2.55. The molecule has 0 heterocycles. The van der Waals surface area contributed by atoms with E-state index in [1.165, 1.54) is 17.7 Å². The van der Waals surface area contributed by atoms with Gasteiger partial charge in [-0.2, -0.15) is 0 Å². The Labute approximate surface area is 80.5 Å². The van der Waals surface area contributed by atoms with E-state index in [9.17, 15) is 0 Å². The molecule has 1 heteroatoms. The number of hydrogen-bond donors (Lipinski definition) is 0. The number of nitrogens with zero attached hydrogens (tertiary/aromatic N) is 1. The van der Waals surface area contributed by atoms with Crippen LogP contribution in [0.25, 0.3) is 0 Å². The lowest BCUT2D eigenvalue weighted by Crippen LogP contribution is -1.91. The molecular formula is C12H17N. The summed E-state index contributed by atoms with van der Waals surface area (Å²) in [7, 11) is 0. The van der Waals surface area contributed by atoms with Gasteiger partial charge in [-0.25, -0.2) is 0 Å². The number of benzene rings is 1. The fourth-order valence-electron chi connectivity index (χ4n) is 1.25. The molecule has 1 aromatic rings. The van der Waals surface area contributed by atoms with Gasteiger partial charge in [-0.05, 0) is 18.9 Å². The Balaban J connectivity index is 2.47. The maximum Gasteiger partial charge on any atom is 0.0638 e. The summed E-state index contributed by atoms with van der Waals surface area (Å²) in [6.45, 7) is 5.11. The van der Waals surface area contributed by atoms with Crippen molar-refractivity contribution in [1.29, 1.82) is 0 Å². The lowest BCUT2D eigenvalue weighted by atomic mass is 10.2. The molecule has 0 aromatic heterocycles. The van der Waals surface area contributed by atoms with Gasteiger partial charge in [0.1, 0.15) is 0 Å². The number of hydrogen-bond acceptors (Lipinski definition) is 1. The molecular weight excluding hydrogens is 158 g/mol. The molecule has 13 heavy (non-hydrogen) atoms. The Kier molecular flexibility index (Phi) is 4.24. The minimum absolute atomic E-state index is 0.826. The molecule has 1 aromatic carbocycles. The molecule has 0 bridgehead atoms. The minimum Gasteiger partial charge on any atom is -0.290 e. The first-order valence-corrected chi connectivity index (χ1v) is 4.86. The Morgan fingerprint density at radius 1 is 1.23 bits per heavy atom. The van der Waals surface area contributed by atoms with Crippen molar-refractivity contribution in [3.63, 3.8) is 0 Å². The van der Waals surface area contributed by atoms with Gasteiger partial charge < -0.3 is 0 Å². The van der Waals surface area contributed by atoms with Crippen molar-refractivity contribution in [3.8, 4) is 0 Å². The maximum absolute atomic E-state index is 4.50. The smallest absolute Gasteiger partial charge is 0.0638 e. The van der Waals surface area contributed by atoms with Gasteiger partial charge in [0.2, 0.25) is 0 Å². The van der Waals surface area contributed by atoms with Crippen LogP contribution in [-0.2, 0) is 6.54 Å². The van der Waals surface area contributed by atoms with Crippen LogP contribution < -0.4 is 0 Å². The van der Waals surface area contributed by atoms with Gasteiger partial charge in [-0.15, -0.1) is 0 Å². The second kappa shape index (κ2) is 5.52. The van der Waals surface area contributed by atoms with E-state index >= 15 is 0 Å². The van der Waals surface area contributed by atoms with Crippen LogP contribution in [0.4, 0.5) is 0 Å². The van der Waals surface area contributed by atoms with Crippen molar-refractivity contribution in [2.45, 2.75) is 33.2 Å². The first-order valence-electron chi connectivity index (χ1n) is 4.86. The van der Waals surface area contributed by atoms with Gasteiger partial charge in [0.15, 0.2) is 0 Å². The van der Waals surface area contributed by atoms with E-state index in [1.54, 1.807) is 0 Å². The van der Waals surface area contributed by atoms with Crippen molar-refractivity contribution in [2.24, 2.45) is 4.99 Å². The lowest BCUT2D eigenvalue weighted by molar-refractivity contribution is 0.960. The van der Waals surface area contributed by atoms with E-state index in [0.29, 0.717) is 0 Å². The van der Waals surface area contributed by atoms with Crippen LogP contribution in [0.5, 0.6) is 0 Å². The summed E-state index contributed by atoms with van der Waals surface area (Å²) in [6.07, 6.45) is 2.30. The van der Waals surface area contributed by atoms with E-state index in [4.69, 9.17) is 0 Å². The van der Waals surface area contributed by atoms with Crippen LogP contribution in [0.15, 0.2) is 35.3 Å². The first-order chi connectivity index (χ1) is 6.33. The molecule has 1 nitrogen and oxygen atoms in total. The summed E-state index contributed by atoms with van der Waals surface area (Å²) < 4.78 is 0. The van der Waals surface area contributed by atoms with Crippen LogP contribution in [0.2, 0.25) is 0 Å². The predicted molar refractivity (Wildman–Crippen MR) is 58.2 cm³/mol. The zero-order valence-corrected chi connectivity index (χ0v) is 8.46. The lowest BCUT2D eigenvalue weighted by Gasteiger charge is -1.98. The Morgan fingerprint density at radius 3 is 2.54 bits per heavy atom. The summed E-state index contributed by atoms with van der Waals surface area (Å²) in [5, 5.41) is 0. The normalized spacial score (nSPS) is 11.7. The van der Waals surface area contributed by atoms with Crippen LogP contribution >= 0.6 is 0 Å². The summed E-state index contributed by atoms with van der Waals surface area (Å²) in [6, 6.07) is 10.4. The van der Waals surface area contributed by atoms with Crippen molar-refractivity contribution >= 4 is 5.71 Å².